The van der Waals surface area contributed by atoms with Gasteiger partial charge in [0.25, 0.3) is 0 Å². The second-order valence-electron chi connectivity index (χ2n) is 3.85. The molecule has 15 heavy (non-hydrogen) atoms. The molecule has 0 radical (unpaired) electrons. The number of pyridine rings is 1. The van der Waals surface area contributed by atoms with Crippen LogP contribution in [0.4, 0.5) is 5.82 Å². The van der Waals surface area contributed by atoms with Gasteiger partial charge in [-0.2, -0.15) is 0 Å². The molecule has 1 fully saturated rings. The van der Waals surface area contributed by atoms with E-state index in [1.807, 2.05) is 18.3 Å². The van der Waals surface area contributed by atoms with E-state index in [-0.39, 0.29) is 6.10 Å². The molecule has 0 aliphatic carbocycles. The molecule has 0 saturated carbocycles. The fourth-order valence-corrected chi connectivity index (χ4v) is 2.56. The number of likely N-dealkylation sites (N-methyl/N-ethyl adjacent to an activating group) is 1. The monoisotopic (exact) mass is 270 g/mol. The van der Waals surface area contributed by atoms with Crippen molar-refractivity contribution >= 4 is 21.7 Å². The molecule has 2 atom stereocenters. The van der Waals surface area contributed by atoms with Crippen molar-refractivity contribution in [1.82, 2.24) is 4.98 Å². The maximum absolute atomic E-state index is 5.56. The number of rotatable bonds is 2. The van der Waals surface area contributed by atoms with E-state index in [0.29, 0.717) is 6.04 Å². The molecule has 3 nitrogen and oxygen atoms in total. The van der Waals surface area contributed by atoms with Gasteiger partial charge >= 0.3 is 0 Å². The van der Waals surface area contributed by atoms with Crippen LogP contribution in [0.3, 0.4) is 0 Å². The smallest absolute Gasteiger partial charge is 0.142 e. The first kappa shape index (κ1) is 10.9. The zero-order chi connectivity index (χ0) is 10.8. The van der Waals surface area contributed by atoms with E-state index in [1.165, 1.54) is 0 Å². The molecular weight excluding hydrogens is 256 g/mol. The molecule has 0 spiro atoms. The summed E-state index contributed by atoms with van der Waals surface area (Å²) < 4.78 is 6.60. The third kappa shape index (κ3) is 2.16. The number of anilines is 1. The first-order chi connectivity index (χ1) is 7.20. The molecule has 82 valence electrons. The molecule has 2 rings (SSSR count). The lowest BCUT2D eigenvalue weighted by atomic mass is 10.1. The molecule has 1 saturated heterocycles. The molecule has 1 aromatic rings. The first-order valence-electron chi connectivity index (χ1n) is 5.15. The van der Waals surface area contributed by atoms with Gasteiger partial charge in [-0.05, 0) is 41.4 Å². The van der Waals surface area contributed by atoms with Gasteiger partial charge in [0.2, 0.25) is 0 Å². The molecule has 0 aromatic carbocycles. The lowest BCUT2D eigenvalue weighted by Gasteiger charge is -2.28. The van der Waals surface area contributed by atoms with Crippen LogP contribution in [0.2, 0.25) is 0 Å². The fourth-order valence-electron chi connectivity index (χ4n) is 2.02. The molecule has 2 heterocycles. The third-order valence-corrected chi connectivity index (χ3v) is 3.53. The van der Waals surface area contributed by atoms with Gasteiger partial charge in [-0.15, -0.1) is 0 Å². The summed E-state index contributed by atoms with van der Waals surface area (Å²) in [5, 5.41) is 0. The van der Waals surface area contributed by atoms with Crippen molar-refractivity contribution in [2.75, 3.05) is 18.6 Å². The van der Waals surface area contributed by atoms with Crippen LogP contribution in [0.5, 0.6) is 0 Å². The lowest BCUT2D eigenvalue weighted by Crippen LogP contribution is -2.37. The Labute approximate surface area is 98.6 Å². The van der Waals surface area contributed by atoms with E-state index in [4.69, 9.17) is 4.74 Å². The van der Waals surface area contributed by atoms with E-state index in [1.54, 1.807) is 0 Å². The van der Waals surface area contributed by atoms with Gasteiger partial charge in [-0.3, -0.25) is 0 Å². The standard InChI is InChI=1S/C11H15BrN2O/c1-8-10(5-7-15-8)14(2)11-9(12)4-3-6-13-11/h3-4,6,8,10H,5,7H2,1-2H3. The highest BCUT2D eigenvalue weighted by Gasteiger charge is 2.29. The summed E-state index contributed by atoms with van der Waals surface area (Å²) in [7, 11) is 2.07. The average molecular weight is 271 g/mol. The molecule has 2 unspecified atom stereocenters. The average Bonchev–Trinajstić information content (AvgIpc) is 2.64. The summed E-state index contributed by atoms with van der Waals surface area (Å²) in [5.74, 6) is 0.986. The van der Waals surface area contributed by atoms with Crippen LogP contribution in [-0.4, -0.2) is 30.8 Å². The summed E-state index contributed by atoms with van der Waals surface area (Å²) in [5.41, 5.74) is 0. The Hall–Kier alpha value is -0.610. The largest absolute Gasteiger partial charge is 0.376 e. The van der Waals surface area contributed by atoms with Crippen molar-refractivity contribution in [3.8, 4) is 0 Å². The minimum Gasteiger partial charge on any atom is -0.376 e. The van der Waals surface area contributed by atoms with Crippen LogP contribution in [0.25, 0.3) is 0 Å². The van der Waals surface area contributed by atoms with Crippen molar-refractivity contribution in [2.45, 2.75) is 25.5 Å². The van der Waals surface area contributed by atoms with Crippen molar-refractivity contribution in [3.63, 3.8) is 0 Å². The van der Waals surface area contributed by atoms with Crippen LogP contribution in [-0.2, 0) is 4.74 Å². The Bertz CT molecular complexity index is 345. The summed E-state index contributed by atoms with van der Waals surface area (Å²) in [6.45, 7) is 2.96. The van der Waals surface area contributed by atoms with E-state index in [0.717, 1.165) is 23.3 Å². The van der Waals surface area contributed by atoms with Crippen molar-refractivity contribution in [2.24, 2.45) is 0 Å². The Morgan fingerprint density at radius 3 is 3.00 bits per heavy atom. The van der Waals surface area contributed by atoms with Gasteiger partial charge in [0.1, 0.15) is 5.82 Å². The molecule has 0 bridgehead atoms. The van der Waals surface area contributed by atoms with Crippen LogP contribution in [0, 0.1) is 0 Å². The first-order valence-corrected chi connectivity index (χ1v) is 5.94. The molecule has 0 amide bonds. The molecule has 1 aliphatic heterocycles. The zero-order valence-corrected chi connectivity index (χ0v) is 10.6. The normalized spacial score (nSPS) is 25.5. The highest BCUT2D eigenvalue weighted by Crippen LogP contribution is 2.28. The van der Waals surface area contributed by atoms with Crippen LogP contribution in [0.15, 0.2) is 22.8 Å². The van der Waals surface area contributed by atoms with E-state index in [2.05, 4.69) is 39.8 Å². The quantitative estimate of drug-likeness (QED) is 0.826. The van der Waals surface area contributed by atoms with E-state index < -0.39 is 0 Å². The number of halogens is 1. The number of aromatic nitrogens is 1. The molecule has 4 heteroatoms. The number of hydrogen-bond acceptors (Lipinski definition) is 3. The van der Waals surface area contributed by atoms with Crippen molar-refractivity contribution < 1.29 is 4.74 Å². The highest BCUT2D eigenvalue weighted by atomic mass is 79.9. The van der Waals surface area contributed by atoms with E-state index >= 15 is 0 Å². The summed E-state index contributed by atoms with van der Waals surface area (Å²) in [6, 6.07) is 4.37. The number of hydrogen-bond donors (Lipinski definition) is 0. The van der Waals surface area contributed by atoms with Gasteiger partial charge < -0.3 is 9.64 Å². The van der Waals surface area contributed by atoms with E-state index in [9.17, 15) is 0 Å². The summed E-state index contributed by atoms with van der Waals surface area (Å²) in [4.78, 5) is 6.58. The number of ether oxygens (including phenoxy) is 1. The Morgan fingerprint density at radius 2 is 2.40 bits per heavy atom. The third-order valence-electron chi connectivity index (χ3n) is 2.91. The van der Waals surface area contributed by atoms with Gasteiger partial charge in [0.05, 0.1) is 16.6 Å². The molecule has 0 N–H and O–H groups in total. The second-order valence-corrected chi connectivity index (χ2v) is 4.71. The van der Waals surface area contributed by atoms with Gasteiger partial charge in [0.15, 0.2) is 0 Å². The lowest BCUT2D eigenvalue weighted by molar-refractivity contribution is 0.118. The zero-order valence-electron chi connectivity index (χ0n) is 8.98. The summed E-state index contributed by atoms with van der Waals surface area (Å²) in [6.07, 6.45) is 3.17. The topological polar surface area (TPSA) is 25.4 Å². The Morgan fingerprint density at radius 1 is 1.60 bits per heavy atom. The Kier molecular flexibility index (Phi) is 3.26. The summed E-state index contributed by atoms with van der Waals surface area (Å²) >= 11 is 3.52. The second kappa shape index (κ2) is 4.49. The highest BCUT2D eigenvalue weighted by molar-refractivity contribution is 9.10. The minimum absolute atomic E-state index is 0.281. The maximum Gasteiger partial charge on any atom is 0.142 e. The van der Waals surface area contributed by atoms with Gasteiger partial charge in [-0.1, -0.05) is 0 Å². The van der Waals surface area contributed by atoms with Gasteiger partial charge in [-0.25, -0.2) is 4.98 Å². The molecular formula is C11H15BrN2O. The van der Waals surface area contributed by atoms with Crippen LogP contribution >= 0.6 is 15.9 Å². The molecule has 1 aliphatic rings. The minimum atomic E-state index is 0.281. The molecule has 1 aromatic heterocycles. The Balaban J connectivity index is 2.20. The van der Waals surface area contributed by atoms with Crippen molar-refractivity contribution in [3.05, 3.63) is 22.8 Å². The predicted molar refractivity (Wildman–Crippen MR) is 64.2 cm³/mol. The predicted octanol–water partition coefficient (Wildman–Crippen LogP) is 2.46. The maximum atomic E-state index is 5.56. The van der Waals surface area contributed by atoms with Crippen LogP contribution in [0.1, 0.15) is 13.3 Å². The fraction of sp³-hybridized carbons (Fsp3) is 0.545. The SMILES string of the molecule is CC1OCCC1N(C)c1ncccc1Br. The van der Waals surface area contributed by atoms with Crippen molar-refractivity contribution in [1.29, 1.82) is 0 Å². The van der Waals surface area contributed by atoms with Gasteiger partial charge in [0, 0.05) is 19.9 Å². The number of nitrogens with zero attached hydrogens (tertiary/aromatic N) is 2. The van der Waals surface area contributed by atoms with Crippen LogP contribution < -0.4 is 4.90 Å².